The largest absolute Gasteiger partial charge is 0.416 e. The summed E-state index contributed by atoms with van der Waals surface area (Å²) >= 11 is 0. The van der Waals surface area contributed by atoms with E-state index < -0.39 is 10.0 Å². The third-order valence-electron chi connectivity index (χ3n) is 5.06. The van der Waals surface area contributed by atoms with E-state index in [0.29, 0.717) is 31.3 Å². The lowest BCUT2D eigenvalue weighted by Gasteiger charge is -2.25. The van der Waals surface area contributed by atoms with Gasteiger partial charge in [-0.15, -0.1) is 10.2 Å². The lowest BCUT2D eigenvalue weighted by atomic mass is 9.99. The molecule has 1 aliphatic heterocycles. The highest BCUT2D eigenvalue weighted by molar-refractivity contribution is 7.89. The van der Waals surface area contributed by atoms with Gasteiger partial charge in [0, 0.05) is 30.5 Å². The number of hydrogen-bond acceptors (Lipinski definition) is 6. The molecule has 2 aromatic heterocycles. The van der Waals surface area contributed by atoms with Crippen LogP contribution in [0.5, 0.6) is 0 Å². The number of sulfonamides is 1. The highest BCUT2D eigenvalue weighted by Crippen LogP contribution is 2.30. The molecule has 0 bridgehead atoms. The first-order valence-corrected chi connectivity index (χ1v) is 11.1. The summed E-state index contributed by atoms with van der Waals surface area (Å²) in [5.74, 6) is 0.998. The van der Waals surface area contributed by atoms with Crippen molar-refractivity contribution in [1.29, 1.82) is 0 Å². The van der Waals surface area contributed by atoms with Gasteiger partial charge in [-0.3, -0.25) is 4.98 Å². The number of hydrogen-bond donors (Lipinski definition) is 0. The van der Waals surface area contributed by atoms with Crippen LogP contribution in [0.3, 0.4) is 0 Å². The highest BCUT2D eigenvalue weighted by Gasteiger charge is 2.23. The van der Waals surface area contributed by atoms with E-state index in [9.17, 15) is 8.42 Å². The topological polar surface area (TPSA) is 89.2 Å². The predicted octanol–water partition coefficient (Wildman–Crippen LogP) is 3.55. The van der Waals surface area contributed by atoms with Gasteiger partial charge in [-0.1, -0.05) is 24.3 Å². The van der Waals surface area contributed by atoms with Gasteiger partial charge < -0.3 is 4.42 Å². The number of aromatic nitrogens is 3. The molecule has 8 heteroatoms. The molecule has 0 spiro atoms. The van der Waals surface area contributed by atoms with Crippen LogP contribution in [0.4, 0.5) is 0 Å². The van der Waals surface area contributed by atoms with Crippen molar-refractivity contribution in [1.82, 2.24) is 19.5 Å². The fraction of sp³-hybridized carbons (Fsp3) is 0.286. The Bertz CT molecular complexity index is 1150. The average Bonchev–Trinajstić information content (AvgIpc) is 3.25. The quantitative estimate of drug-likeness (QED) is 0.639. The smallest absolute Gasteiger partial charge is 0.250 e. The van der Waals surface area contributed by atoms with Crippen molar-refractivity contribution >= 4 is 15.6 Å². The maximum atomic E-state index is 12.1. The van der Waals surface area contributed by atoms with Gasteiger partial charge in [0.25, 0.3) is 0 Å². The summed E-state index contributed by atoms with van der Waals surface area (Å²) in [6, 6.07) is 11.6. The van der Waals surface area contributed by atoms with Gasteiger partial charge in [-0.05, 0) is 49.6 Å². The molecule has 0 saturated carbocycles. The first-order chi connectivity index (χ1) is 14.0. The average molecular weight is 410 g/mol. The molecule has 0 atom stereocenters. The molecule has 0 amide bonds. The van der Waals surface area contributed by atoms with Crippen molar-refractivity contribution in [2.75, 3.05) is 18.8 Å². The van der Waals surface area contributed by atoms with E-state index in [1.807, 2.05) is 55.6 Å². The van der Waals surface area contributed by atoms with Gasteiger partial charge >= 0.3 is 0 Å². The molecule has 3 aromatic rings. The zero-order valence-electron chi connectivity index (χ0n) is 16.4. The Balaban J connectivity index is 1.62. The number of rotatable bonds is 5. The van der Waals surface area contributed by atoms with Gasteiger partial charge in [0.05, 0.1) is 11.3 Å². The van der Waals surface area contributed by atoms with Crippen molar-refractivity contribution < 1.29 is 12.8 Å². The number of benzene rings is 1. The van der Waals surface area contributed by atoms with E-state index in [1.54, 1.807) is 6.92 Å². The van der Waals surface area contributed by atoms with Crippen molar-refractivity contribution in [3.8, 4) is 22.9 Å². The Morgan fingerprint density at radius 3 is 2.55 bits per heavy atom. The molecule has 150 valence electrons. The second-order valence-electron chi connectivity index (χ2n) is 6.87. The van der Waals surface area contributed by atoms with Crippen LogP contribution in [-0.2, 0) is 10.0 Å². The molecule has 1 aliphatic rings. The monoisotopic (exact) mass is 410 g/mol. The molecule has 0 unspecified atom stereocenters. The van der Waals surface area contributed by atoms with Crippen LogP contribution in [-0.4, -0.2) is 46.7 Å². The summed E-state index contributed by atoms with van der Waals surface area (Å²) in [4.78, 5) is 4.50. The fourth-order valence-corrected chi connectivity index (χ4v) is 4.34. The summed E-state index contributed by atoms with van der Waals surface area (Å²) in [7, 11) is -3.17. The molecule has 29 heavy (non-hydrogen) atoms. The molecule has 0 N–H and O–H groups in total. The molecule has 1 aromatic carbocycles. The van der Waals surface area contributed by atoms with Crippen LogP contribution < -0.4 is 0 Å². The van der Waals surface area contributed by atoms with Gasteiger partial charge in [-0.2, -0.15) is 4.31 Å². The van der Waals surface area contributed by atoms with E-state index in [2.05, 4.69) is 15.2 Å². The number of nitrogens with zero attached hydrogens (tertiary/aromatic N) is 4. The molecule has 7 nitrogen and oxygen atoms in total. The van der Waals surface area contributed by atoms with Crippen molar-refractivity contribution in [2.45, 2.75) is 20.3 Å². The molecule has 3 heterocycles. The van der Waals surface area contributed by atoms with E-state index in [4.69, 9.17) is 4.42 Å². The second kappa shape index (κ2) is 7.88. The minimum atomic E-state index is -3.17. The van der Waals surface area contributed by atoms with Gasteiger partial charge in [0.1, 0.15) is 0 Å². The zero-order chi connectivity index (χ0) is 20.4. The van der Waals surface area contributed by atoms with Gasteiger partial charge in [-0.25, -0.2) is 8.42 Å². The Hall–Kier alpha value is -2.84. The summed E-state index contributed by atoms with van der Waals surface area (Å²) in [6.07, 6.45) is 4.40. The summed E-state index contributed by atoms with van der Waals surface area (Å²) in [5, 5.41) is 8.36. The summed E-state index contributed by atoms with van der Waals surface area (Å²) in [5.41, 5.74) is 4.45. The maximum Gasteiger partial charge on any atom is 0.250 e. The first kappa shape index (κ1) is 19.5. The van der Waals surface area contributed by atoms with Crippen LogP contribution in [0.25, 0.3) is 28.5 Å². The van der Waals surface area contributed by atoms with Crippen molar-refractivity contribution in [3.63, 3.8) is 0 Å². The third-order valence-corrected chi connectivity index (χ3v) is 6.91. The molecule has 0 aliphatic carbocycles. The van der Waals surface area contributed by atoms with E-state index >= 15 is 0 Å². The standard InChI is InChI=1S/C21H22N4O3S/c1-3-29(26,27)25-11-9-16(10-12-25)18-13-19(15(2)22-14-18)21-24-23-20(28-21)17-7-5-4-6-8-17/h4-9,13-14H,3,10-12H2,1-2H3. The molecule has 0 fully saturated rings. The Morgan fingerprint density at radius 1 is 1.10 bits per heavy atom. The van der Waals surface area contributed by atoms with Crippen LogP contribution in [0, 0.1) is 6.92 Å². The van der Waals surface area contributed by atoms with Crippen molar-refractivity contribution in [2.24, 2.45) is 0 Å². The zero-order valence-corrected chi connectivity index (χ0v) is 17.2. The molecule has 0 saturated heterocycles. The van der Waals surface area contributed by atoms with E-state index in [-0.39, 0.29) is 5.75 Å². The van der Waals surface area contributed by atoms with Crippen LogP contribution in [0.2, 0.25) is 0 Å². The number of aryl methyl sites for hydroxylation is 1. The molecular weight excluding hydrogens is 388 g/mol. The van der Waals surface area contributed by atoms with Crippen molar-refractivity contribution in [3.05, 3.63) is 59.9 Å². The molecule has 4 rings (SSSR count). The lowest BCUT2D eigenvalue weighted by Crippen LogP contribution is -2.35. The van der Waals surface area contributed by atoms with Gasteiger partial charge in [0.2, 0.25) is 21.8 Å². The SMILES string of the molecule is CCS(=O)(=O)N1CC=C(c2cnc(C)c(-c3nnc(-c4ccccc4)o3)c2)CC1. The van der Waals surface area contributed by atoms with Crippen LogP contribution >= 0.6 is 0 Å². The number of pyridine rings is 1. The second-order valence-corrected chi connectivity index (χ2v) is 9.13. The van der Waals surface area contributed by atoms with E-state index in [0.717, 1.165) is 28.0 Å². The Kier molecular flexibility index (Phi) is 5.29. The molecular formula is C21H22N4O3S. The Morgan fingerprint density at radius 2 is 1.86 bits per heavy atom. The predicted molar refractivity (Wildman–Crippen MR) is 111 cm³/mol. The van der Waals surface area contributed by atoms with E-state index in [1.165, 1.54) is 4.31 Å². The van der Waals surface area contributed by atoms with Crippen LogP contribution in [0.1, 0.15) is 24.6 Å². The Labute approximate surface area is 170 Å². The first-order valence-electron chi connectivity index (χ1n) is 9.51. The summed E-state index contributed by atoms with van der Waals surface area (Å²) in [6.45, 7) is 4.42. The van der Waals surface area contributed by atoms with Crippen LogP contribution in [0.15, 0.2) is 53.1 Å². The summed E-state index contributed by atoms with van der Waals surface area (Å²) < 4.78 is 31.5. The minimum Gasteiger partial charge on any atom is -0.416 e. The fourth-order valence-electron chi connectivity index (χ4n) is 3.30. The lowest BCUT2D eigenvalue weighted by molar-refractivity contribution is 0.442. The normalized spacial score (nSPS) is 15.3. The minimum absolute atomic E-state index is 0.118. The molecule has 0 radical (unpaired) electrons. The third kappa shape index (κ3) is 3.99. The maximum absolute atomic E-state index is 12.1. The highest BCUT2D eigenvalue weighted by atomic mass is 32.2. The van der Waals surface area contributed by atoms with Gasteiger partial charge in [0.15, 0.2) is 0 Å².